The third-order valence-electron chi connectivity index (χ3n) is 3.20. The fourth-order valence-electron chi connectivity index (χ4n) is 2.40. The molecule has 1 fully saturated rings. The summed E-state index contributed by atoms with van der Waals surface area (Å²) in [7, 11) is -1.94. The van der Waals surface area contributed by atoms with Crippen LogP contribution in [0.1, 0.15) is 26.2 Å². The number of aromatic nitrogens is 2. The lowest BCUT2D eigenvalue weighted by Crippen LogP contribution is -2.37. The minimum Gasteiger partial charge on any atom is -0.300 e. The molecule has 6 nitrogen and oxygen atoms in total. The molecule has 1 aromatic rings. The lowest BCUT2D eigenvalue weighted by Gasteiger charge is -2.23. The second kappa shape index (κ2) is 4.81. The Morgan fingerprint density at radius 1 is 1.56 bits per heavy atom. The van der Waals surface area contributed by atoms with E-state index >= 15 is 0 Å². The molecule has 1 aliphatic rings. The van der Waals surface area contributed by atoms with Crippen molar-refractivity contribution in [1.82, 2.24) is 14.1 Å². The van der Waals surface area contributed by atoms with Gasteiger partial charge in [-0.1, -0.05) is 0 Å². The summed E-state index contributed by atoms with van der Waals surface area (Å²) in [6.07, 6.45) is 3.30. The van der Waals surface area contributed by atoms with Gasteiger partial charge in [0, 0.05) is 26.1 Å². The van der Waals surface area contributed by atoms with E-state index in [0.29, 0.717) is 6.54 Å². The molecule has 100 valence electrons. The fourth-order valence-corrected chi connectivity index (χ4v) is 4.19. The zero-order chi connectivity index (χ0) is 13.3. The summed E-state index contributed by atoms with van der Waals surface area (Å²) in [4.78, 5) is 11.2. The first-order valence-electron chi connectivity index (χ1n) is 5.92. The number of nitrogens with zero attached hydrogens (tertiary/aromatic N) is 3. The molecule has 0 saturated carbocycles. The van der Waals surface area contributed by atoms with Gasteiger partial charge in [0.15, 0.2) is 5.03 Å². The molecule has 1 saturated heterocycles. The molecule has 1 aromatic heterocycles. The number of aryl methyl sites for hydroxylation is 1. The van der Waals surface area contributed by atoms with Crippen molar-refractivity contribution in [2.45, 2.75) is 37.3 Å². The summed E-state index contributed by atoms with van der Waals surface area (Å²) in [5.41, 5.74) is 0. The summed E-state index contributed by atoms with van der Waals surface area (Å²) < 4.78 is 27.7. The summed E-state index contributed by atoms with van der Waals surface area (Å²) >= 11 is 0. The second-order valence-electron chi connectivity index (χ2n) is 4.61. The highest BCUT2D eigenvalue weighted by molar-refractivity contribution is 7.89. The van der Waals surface area contributed by atoms with Crippen LogP contribution in [-0.2, 0) is 21.9 Å². The highest BCUT2D eigenvalue weighted by atomic mass is 32.2. The van der Waals surface area contributed by atoms with Crippen molar-refractivity contribution in [1.29, 1.82) is 0 Å². The molecular weight excluding hydrogens is 254 g/mol. The minimum absolute atomic E-state index is 0.0205. The molecule has 0 amide bonds. The van der Waals surface area contributed by atoms with E-state index in [2.05, 4.69) is 5.10 Å². The van der Waals surface area contributed by atoms with E-state index in [1.54, 1.807) is 7.05 Å². The molecular formula is C11H17N3O3S. The van der Waals surface area contributed by atoms with E-state index in [-0.39, 0.29) is 23.3 Å². The van der Waals surface area contributed by atoms with Gasteiger partial charge in [-0.25, -0.2) is 8.42 Å². The van der Waals surface area contributed by atoms with Crippen LogP contribution in [0.15, 0.2) is 17.3 Å². The van der Waals surface area contributed by atoms with Crippen molar-refractivity contribution in [3.8, 4) is 0 Å². The Hall–Kier alpha value is -1.21. The average Bonchev–Trinajstić information content (AvgIpc) is 2.86. The maximum absolute atomic E-state index is 12.5. The van der Waals surface area contributed by atoms with Crippen LogP contribution < -0.4 is 0 Å². The number of hydrogen-bond donors (Lipinski definition) is 0. The van der Waals surface area contributed by atoms with Gasteiger partial charge >= 0.3 is 0 Å². The maximum atomic E-state index is 12.5. The van der Waals surface area contributed by atoms with Crippen LogP contribution in [-0.4, -0.2) is 40.9 Å². The topological polar surface area (TPSA) is 72.3 Å². The number of Topliss-reactive ketones (excluding diaryl/α,β-unsaturated/α-hetero) is 1. The van der Waals surface area contributed by atoms with Crippen molar-refractivity contribution in [2.75, 3.05) is 6.54 Å². The quantitative estimate of drug-likeness (QED) is 0.802. The third kappa shape index (κ3) is 2.32. The Morgan fingerprint density at radius 3 is 2.83 bits per heavy atom. The van der Waals surface area contributed by atoms with Crippen LogP contribution in [0.3, 0.4) is 0 Å². The van der Waals surface area contributed by atoms with Gasteiger partial charge in [-0.15, -0.1) is 0 Å². The van der Waals surface area contributed by atoms with Gasteiger partial charge in [-0.3, -0.25) is 9.48 Å². The van der Waals surface area contributed by atoms with E-state index in [9.17, 15) is 13.2 Å². The van der Waals surface area contributed by atoms with Crippen molar-refractivity contribution >= 4 is 15.8 Å². The van der Waals surface area contributed by atoms with Gasteiger partial charge in [-0.05, 0) is 25.8 Å². The molecule has 1 atom stereocenters. The standard InChI is InChI=1S/C11H17N3O3S/c1-9(15)8-10-4-3-7-14(10)18(16,17)11-5-6-12-13(11)2/h5-6,10H,3-4,7-8H2,1-2H3. The molecule has 0 bridgehead atoms. The van der Waals surface area contributed by atoms with Crippen molar-refractivity contribution < 1.29 is 13.2 Å². The highest BCUT2D eigenvalue weighted by Crippen LogP contribution is 2.27. The number of hydrogen-bond acceptors (Lipinski definition) is 4. The second-order valence-corrected chi connectivity index (χ2v) is 6.45. The largest absolute Gasteiger partial charge is 0.300 e. The van der Waals surface area contributed by atoms with E-state index in [1.807, 2.05) is 0 Å². The lowest BCUT2D eigenvalue weighted by molar-refractivity contribution is -0.117. The normalized spacial score (nSPS) is 21.3. The number of ketones is 1. The highest BCUT2D eigenvalue weighted by Gasteiger charge is 2.37. The van der Waals surface area contributed by atoms with Gasteiger partial charge in [0.1, 0.15) is 5.78 Å². The monoisotopic (exact) mass is 271 g/mol. The predicted molar refractivity (Wildman–Crippen MR) is 65.4 cm³/mol. The first kappa shape index (κ1) is 13.2. The molecule has 2 heterocycles. The molecule has 1 unspecified atom stereocenters. The Morgan fingerprint density at radius 2 is 2.28 bits per heavy atom. The molecule has 0 N–H and O–H groups in total. The number of carbonyl (C=O) groups is 1. The van der Waals surface area contributed by atoms with Gasteiger partial charge in [0.2, 0.25) is 0 Å². The molecule has 2 rings (SSSR count). The first-order chi connectivity index (χ1) is 8.43. The summed E-state index contributed by atoms with van der Waals surface area (Å²) in [6, 6.07) is 1.28. The predicted octanol–water partition coefficient (Wildman–Crippen LogP) is 0.552. The number of carbonyl (C=O) groups excluding carboxylic acids is 1. The SMILES string of the molecule is CC(=O)CC1CCCN1S(=O)(=O)c1ccnn1C. The average molecular weight is 271 g/mol. The summed E-state index contributed by atoms with van der Waals surface area (Å²) in [5, 5.41) is 4.06. The van der Waals surface area contributed by atoms with Gasteiger partial charge in [-0.2, -0.15) is 9.40 Å². The van der Waals surface area contributed by atoms with Crippen molar-refractivity contribution in [2.24, 2.45) is 7.05 Å². The van der Waals surface area contributed by atoms with Crippen LogP contribution in [0.5, 0.6) is 0 Å². The molecule has 0 aliphatic carbocycles. The molecule has 0 aromatic carbocycles. The van der Waals surface area contributed by atoms with Gasteiger partial charge in [0.05, 0.1) is 6.20 Å². The maximum Gasteiger partial charge on any atom is 0.260 e. The Labute approximate surface area is 107 Å². The zero-order valence-corrected chi connectivity index (χ0v) is 11.4. The van der Waals surface area contributed by atoms with Crippen LogP contribution in [0.4, 0.5) is 0 Å². The zero-order valence-electron chi connectivity index (χ0n) is 10.5. The lowest BCUT2D eigenvalue weighted by atomic mass is 10.1. The van der Waals surface area contributed by atoms with Crippen molar-refractivity contribution in [3.63, 3.8) is 0 Å². The van der Waals surface area contributed by atoms with Crippen LogP contribution in [0.25, 0.3) is 0 Å². The smallest absolute Gasteiger partial charge is 0.260 e. The molecule has 7 heteroatoms. The van der Waals surface area contributed by atoms with Gasteiger partial charge < -0.3 is 0 Å². The van der Waals surface area contributed by atoms with Crippen LogP contribution >= 0.6 is 0 Å². The molecule has 18 heavy (non-hydrogen) atoms. The van der Waals surface area contributed by atoms with E-state index in [4.69, 9.17) is 0 Å². The third-order valence-corrected chi connectivity index (χ3v) is 5.22. The summed E-state index contributed by atoms with van der Waals surface area (Å²) in [5.74, 6) is 0.0205. The van der Waals surface area contributed by atoms with Crippen molar-refractivity contribution in [3.05, 3.63) is 12.3 Å². The van der Waals surface area contributed by atoms with E-state index in [0.717, 1.165) is 12.8 Å². The van der Waals surface area contributed by atoms with E-state index in [1.165, 1.54) is 28.2 Å². The number of rotatable bonds is 4. The van der Waals surface area contributed by atoms with Crippen LogP contribution in [0.2, 0.25) is 0 Å². The molecule has 0 spiro atoms. The summed E-state index contributed by atoms with van der Waals surface area (Å²) in [6.45, 7) is 1.97. The Balaban J connectivity index is 2.30. The minimum atomic E-state index is -3.54. The Kier molecular flexibility index (Phi) is 3.54. The fraction of sp³-hybridized carbons (Fsp3) is 0.636. The Bertz CT molecular complexity index is 550. The molecule has 1 aliphatic heterocycles. The van der Waals surface area contributed by atoms with E-state index < -0.39 is 10.0 Å². The van der Waals surface area contributed by atoms with Crippen LogP contribution in [0, 0.1) is 0 Å². The first-order valence-corrected chi connectivity index (χ1v) is 7.36. The number of sulfonamides is 1. The molecule has 0 radical (unpaired) electrons. The van der Waals surface area contributed by atoms with Gasteiger partial charge in [0.25, 0.3) is 10.0 Å².